The Balaban J connectivity index is 1.35. The number of nitrogens with zero attached hydrogens (tertiary/aromatic N) is 2. The fraction of sp³-hybridized carbons (Fsp3) is 0.344. The molecule has 0 radical (unpaired) electrons. The summed E-state index contributed by atoms with van der Waals surface area (Å²) >= 11 is 1.36. The fourth-order valence-corrected chi connectivity index (χ4v) is 7.22. The highest BCUT2D eigenvalue weighted by Gasteiger charge is 2.43. The molecule has 0 saturated heterocycles. The second kappa shape index (κ2) is 10.4. The summed E-state index contributed by atoms with van der Waals surface area (Å²) in [4.78, 5) is 32.4. The van der Waals surface area contributed by atoms with E-state index in [1.165, 1.54) is 23.7 Å². The van der Waals surface area contributed by atoms with E-state index in [4.69, 9.17) is 4.98 Å². The summed E-state index contributed by atoms with van der Waals surface area (Å²) in [5.74, 6) is 0.0795. The first-order valence-corrected chi connectivity index (χ1v) is 14.7. The Bertz CT molecular complexity index is 1560. The Kier molecular flexibility index (Phi) is 6.83. The Morgan fingerprint density at radius 1 is 1.00 bits per heavy atom. The predicted octanol–water partition coefficient (Wildman–Crippen LogP) is 6.96. The maximum atomic E-state index is 14.2. The first kappa shape index (κ1) is 24.9. The Morgan fingerprint density at radius 2 is 1.76 bits per heavy atom. The first-order valence-electron chi connectivity index (χ1n) is 13.7. The van der Waals surface area contributed by atoms with Crippen LogP contribution in [0.2, 0.25) is 0 Å². The van der Waals surface area contributed by atoms with Crippen molar-refractivity contribution in [1.82, 2.24) is 9.55 Å². The number of thioether (sulfide) groups is 1. The van der Waals surface area contributed by atoms with Crippen molar-refractivity contribution in [1.29, 1.82) is 0 Å². The third-order valence-corrected chi connectivity index (χ3v) is 9.10. The molecule has 0 bridgehead atoms. The van der Waals surface area contributed by atoms with E-state index in [1.807, 2.05) is 53.1 Å². The summed E-state index contributed by atoms with van der Waals surface area (Å²) in [6, 6.07) is 22.4. The van der Waals surface area contributed by atoms with E-state index in [2.05, 4.69) is 30.4 Å². The lowest BCUT2D eigenvalue weighted by Crippen LogP contribution is -2.43. The molecular weight excluding hydrogens is 490 g/mol. The normalized spacial score (nSPS) is 15.7. The van der Waals surface area contributed by atoms with Gasteiger partial charge in [-0.15, -0.1) is 0 Å². The van der Waals surface area contributed by atoms with E-state index >= 15 is 0 Å². The van der Waals surface area contributed by atoms with Gasteiger partial charge in [-0.2, -0.15) is 0 Å². The molecule has 38 heavy (non-hydrogen) atoms. The van der Waals surface area contributed by atoms with Gasteiger partial charge in [0.05, 0.1) is 17.0 Å². The average Bonchev–Trinajstić information content (AvgIpc) is 2.94. The van der Waals surface area contributed by atoms with E-state index in [9.17, 15) is 9.59 Å². The molecule has 1 aromatic heterocycles. The average molecular weight is 524 g/mol. The van der Waals surface area contributed by atoms with Crippen LogP contribution in [0.3, 0.4) is 0 Å². The monoisotopic (exact) mass is 523 g/mol. The number of aromatic nitrogens is 2. The smallest absolute Gasteiger partial charge is 0.258 e. The molecule has 1 fully saturated rings. The van der Waals surface area contributed by atoms with Gasteiger partial charge in [-0.25, -0.2) is 4.98 Å². The van der Waals surface area contributed by atoms with Crippen LogP contribution in [0.1, 0.15) is 56.6 Å². The van der Waals surface area contributed by atoms with E-state index in [0.29, 0.717) is 11.7 Å². The van der Waals surface area contributed by atoms with Crippen LogP contribution in [0.4, 0.5) is 5.69 Å². The summed E-state index contributed by atoms with van der Waals surface area (Å²) in [6.45, 7) is 2.68. The van der Waals surface area contributed by atoms with E-state index in [1.54, 1.807) is 0 Å². The zero-order valence-corrected chi connectivity index (χ0v) is 22.7. The van der Waals surface area contributed by atoms with Crippen molar-refractivity contribution < 1.29 is 4.79 Å². The van der Waals surface area contributed by atoms with Gasteiger partial charge in [0.2, 0.25) is 5.91 Å². The van der Waals surface area contributed by atoms with Crippen LogP contribution in [-0.4, -0.2) is 21.2 Å². The molecular formula is C32H33N3O2S. The van der Waals surface area contributed by atoms with Crippen molar-refractivity contribution >= 4 is 34.1 Å². The van der Waals surface area contributed by atoms with Crippen molar-refractivity contribution in [3.63, 3.8) is 0 Å². The lowest BCUT2D eigenvalue weighted by atomic mass is 9.62. The summed E-state index contributed by atoms with van der Waals surface area (Å²) in [5, 5.41) is 5.80. The first-order chi connectivity index (χ1) is 18.6. The minimum absolute atomic E-state index is 0.0882. The molecule has 6 rings (SSSR count). The summed E-state index contributed by atoms with van der Waals surface area (Å²) in [5.41, 5.74) is 4.86. The molecule has 0 atom stereocenters. The standard InChI is InChI=1S/C32H33N3O2S/c1-2-19-35-30(37)28-29(25-15-7-5-12-23(25)20-32(28)17-8-3-9-18-32)34-31(35)38-21-27(36)33-26-16-10-13-22-11-4-6-14-24(22)26/h4-7,10-16H,2-3,8-9,17-21H2,1H3,(H,33,36). The van der Waals surface area contributed by atoms with Gasteiger partial charge >= 0.3 is 0 Å². The van der Waals surface area contributed by atoms with Crippen LogP contribution in [0.25, 0.3) is 22.0 Å². The van der Waals surface area contributed by atoms with Gasteiger partial charge in [0, 0.05) is 28.6 Å². The highest BCUT2D eigenvalue weighted by atomic mass is 32.2. The van der Waals surface area contributed by atoms with Crippen molar-refractivity contribution in [3.05, 3.63) is 88.2 Å². The zero-order chi connectivity index (χ0) is 26.1. The molecule has 1 spiro atoms. The maximum absolute atomic E-state index is 14.2. The number of rotatable bonds is 6. The number of hydrogen-bond donors (Lipinski definition) is 1. The molecule has 1 heterocycles. The van der Waals surface area contributed by atoms with Crippen LogP contribution in [0.5, 0.6) is 0 Å². The van der Waals surface area contributed by atoms with Gasteiger partial charge < -0.3 is 5.32 Å². The number of carbonyl (C=O) groups is 1. The van der Waals surface area contributed by atoms with Crippen LogP contribution >= 0.6 is 11.8 Å². The number of anilines is 1. The minimum atomic E-state index is -0.129. The van der Waals surface area contributed by atoms with Crippen LogP contribution in [0.15, 0.2) is 76.7 Å². The zero-order valence-electron chi connectivity index (χ0n) is 21.8. The van der Waals surface area contributed by atoms with Gasteiger partial charge in [-0.05, 0) is 42.7 Å². The van der Waals surface area contributed by atoms with E-state index in [-0.39, 0.29) is 22.6 Å². The van der Waals surface area contributed by atoms with Crippen LogP contribution in [-0.2, 0) is 23.2 Å². The second-order valence-electron chi connectivity index (χ2n) is 10.6. The molecule has 1 saturated carbocycles. The lowest BCUT2D eigenvalue weighted by Gasteiger charge is -2.42. The molecule has 0 unspecified atom stereocenters. The van der Waals surface area contributed by atoms with Gasteiger partial charge in [0.15, 0.2) is 5.16 Å². The van der Waals surface area contributed by atoms with Crippen molar-refractivity contribution in [2.75, 3.05) is 11.1 Å². The molecule has 6 heteroatoms. The Hall–Kier alpha value is -3.38. The van der Waals surface area contributed by atoms with Crippen molar-refractivity contribution in [2.24, 2.45) is 0 Å². The molecule has 1 amide bonds. The summed E-state index contributed by atoms with van der Waals surface area (Å²) in [7, 11) is 0. The van der Waals surface area contributed by atoms with Gasteiger partial charge in [-0.3, -0.25) is 14.2 Å². The van der Waals surface area contributed by atoms with Gasteiger partial charge in [-0.1, -0.05) is 98.6 Å². The SMILES string of the molecule is CCCn1c(SCC(=O)Nc2cccc3ccccc23)nc2c(c1=O)C1(CCCCC1)Cc1ccccc1-2. The van der Waals surface area contributed by atoms with Crippen LogP contribution < -0.4 is 10.9 Å². The molecule has 2 aliphatic carbocycles. The number of hydrogen-bond acceptors (Lipinski definition) is 4. The lowest BCUT2D eigenvalue weighted by molar-refractivity contribution is -0.113. The number of amides is 1. The summed E-state index contributed by atoms with van der Waals surface area (Å²) in [6.07, 6.45) is 7.36. The van der Waals surface area contributed by atoms with Gasteiger partial charge in [0.1, 0.15) is 0 Å². The topological polar surface area (TPSA) is 64.0 Å². The molecule has 5 nitrogen and oxygen atoms in total. The maximum Gasteiger partial charge on any atom is 0.258 e. The number of fused-ring (bicyclic) bond motifs is 5. The van der Waals surface area contributed by atoms with Crippen LogP contribution in [0, 0.1) is 0 Å². The molecule has 0 aliphatic heterocycles. The van der Waals surface area contributed by atoms with E-state index < -0.39 is 0 Å². The largest absolute Gasteiger partial charge is 0.325 e. The highest BCUT2D eigenvalue weighted by Crippen LogP contribution is 2.48. The van der Waals surface area contributed by atoms with E-state index in [0.717, 1.165) is 71.8 Å². The van der Waals surface area contributed by atoms with Gasteiger partial charge in [0.25, 0.3) is 5.56 Å². The second-order valence-corrected chi connectivity index (χ2v) is 11.6. The van der Waals surface area contributed by atoms with Crippen molar-refractivity contribution in [3.8, 4) is 11.3 Å². The Morgan fingerprint density at radius 3 is 2.61 bits per heavy atom. The molecule has 1 N–H and O–H groups in total. The molecule has 4 aromatic rings. The predicted molar refractivity (Wildman–Crippen MR) is 156 cm³/mol. The summed E-state index contributed by atoms with van der Waals surface area (Å²) < 4.78 is 1.83. The molecule has 2 aliphatic rings. The number of carbonyl (C=O) groups excluding carboxylic acids is 1. The van der Waals surface area contributed by atoms with Crippen molar-refractivity contribution in [2.45, 2.75) is 69.0 Å². The number of benzene rings is 3. The third-order valence-electron chi connectivity index (χ3n) is 8.12. The third kappa shape index (κ3) is 4.45. The molecule has 3 aromatic carbocycles. The number of nitrogens with one attached hydrogen (secondary N) is 1. The fourth-order valence-electron chi connectivity index (χ4n) is 6.40. The Labute approximate surface area is 227 Å². The highest BCUT2D eigenvalue weighted by molar-refractivity contribution is 7.99. The quantitative estimate of drug-likeness (QED) is 0.219. The molecule has 194 valence electrons. The minimum Gasteiger partial charge on any atom is -0.325 e.